The number of carboxylic acids is 1. The van der Waals surface area contributed by atoms with E-state index < -0.39 is 17.9 Å². The van der Waals surface area contributed by atoms with E-state index in [1.165, 1.54) is 0 Å². The van der Waals surface area contributed by atoms with Gasteiger partial charge in [-0.25, -0.2) is 9.59 Å². The summed E-state index contributed by atoms with van der Waals surface area (Å²) in [5, 5.41) is 12.9. The van der Waals surface area contributed by atoms with Crippen LogP contribution in [0.1, 0.15) is 0 Å². The maximum absolute atomic E-state index is 11.4. The Labute approximate surface area is 121 Å². The van der Waals surface area contributed by atoms with E-state index in [0.29, 0.717) is 21.3 Å². The molecule has 19 heavy (non-hydrogen) atoms. The molecule has 0 spiro atoms. The summed E-state index contributed by atoms with van der Waals surface area (Å²) in [4.78, 5) is 32.7. The van der Waals surface area contributed by atoms with Crippen LogP contribution in [-0.2, 0) is 9.59 Å². The number of carboxylic acid groups (broad SMARTS) is 1. The van der Waals surface area contributed by atoms with Crippen molar-refractivity contribution in [2.24, 2.45) is 0 Å². The largest absolute Gasteiger partial charge is 0.478 e. The summed E-state index contributed by atoms with van der Waals surface area (Å²) in [5.41, 5.74) is 0.309. The van der Waals surface area contributed by atoms with E-state index in [1.54, 1.807) is 18.2 Å². The molecule has 0 saturated heterocycles. The second-order valence-electron chi connectivity index (χ2n) is 3.24. The molecule has 0 saturated carbocycles. The molecule has 0 aliphatic heterocycles. The first-order valence-corrected chi connectivity index (χ1v) is 6.03. The predicted molar refractivity (Wildman–Crippen MR) is 73.1 cm³/mol. The standard InChI is InChI=1S/C11H8BrClN2O4/c12-6-1-2-7(13)8(5-6)14-11(19)15-9(16)3-4-10(17)18/h1-5H,(H,17,18)(H2,14,15,16,19). The molecule has 0 radical (unpaired) electrons. The van der Waals surface area contributed by atoms with E-state index in [1.807, 2.05) is 5.32 Å². The van der Waals surface area contributed by atoms with Crippen molar-refractivity contribution in [3.63, 3.8) is 0 Å². The minimum Gasteiger partial charge on any atom is -0.478 e. The highest BCUT2D eigenvalue weighted by atomic mass is 79.9. The monoisotopic (exact) mass is 346 g/mol. The van der Waals surface area contributed by atoms with Crippen LogP contribution in [-0.4, -0.2) is 23.0 Å². The van der Waals surface area contributed by atoms with Crippen molar-refractivity contribution in [3.05, 3.63) is 39.8 Å². The van der Waals surface area contributed by atoms with Crippen LogP contribution in [0.4, 0.5) is 10.5 Å². The molecule has 8 heteroatoms. The van der Waals surface area contributed by atoms with Crippen LogP contribution in [0.2, 0.25) is 5.02 Å². The van der Waals surface area contributed by atoms with Gasteiger partial charge in [-0.15, -0.1) is 0 Å². The number of halogens is 2. The Hall–Kier alpha value is -1.86. The highest BCUT2D eigenvalue weighted by molar-refractivity contribution is 9.10. The van der Waals surface area contributed by atoms with Gasteiger partial charge in [0, 0.05) is 16.6 Å². The molecule has 6 nitrogen and oxygen atoms in total. The summed E-state index contributed by atoms with van der Waals surface area (Å²) in [7, 11) is 0. The van der Waals surface area contributed by atoms with Gasteiger partial charge in [-0.1, -0.05) is 27.5 Å². The van der Waals surface area contributed by atoms with Crippen molar-refractivity contribution in [1.82, 2.24) is 5.32 Å². The molecule has 0 fully saturated rings. The number of hydrogen-bond donors (Lipinski definition) is 3. The van der Waals surface area contributed by atoms with Crippen molar-refractivity contribution in [3.8, 4) is 0 Å². The van der Waals surface area contributed by atoms with E-state index in [2.05, 4.69) is 21.2 Å². The van der Waals surface area contributed by atoms with E-state index in [9.17, 15) is 14.4 Å². The predicted octanol–water partition coefficient (Wildman–Crippen LogP) is 2.39. The molecule has 0 bridgehead atoms. The molecule has 0 heterocycles. The first-order valence-electron chi connectivity index (χ1n) is 4.86. The average molecular weight is 348 g/mol. The molecule has 0 unspecified atom stereocenters. The quantitative estimate of drug-likeness (QED) is 0.732. The van der Waals surface area contributed by atoms with Gasteiger partial charge in [-0.3, -0.25) is 10.1 Å². The van der Waals surface area contributed by atoms with Gasteiger partial charge in [0.15, 0.2) is 0 Å². The molecule has 100 valence electrons. The summed E-state index contributed by atoms with van der Waals surface area (Å²) in [6.07, 6.45) is 1.35. The SMILES string of the molecule is O=C(O)C=CC(=O)NC(=O)Nc1cc(Br)ccc1Cl. The van der Waals surface area contributed by atoms with Gasteiger partial charge < -0.3 is 10.4 Å². The molecule has 1 rings (SSSR count). The Bertz CT molecular complexity index is 560. The molecule has 0 aliphatic rings. The lowest BCUT2D eigenvalue weighted by Crippen LogP contribution is -2.33. The zero-order chi connectivity index (χ0) is 14.4. The van der Waals surface area contributed by atoms with E-state index >= 15 is 0 Å². The van der Waals surface area contributed by atoms with Crippen LogP contribution < -0.4 is 10.6 Å². The Morgan fingerprint density at radius 2 is 1.95 bits per heavy atom. The number of nitrogens with one attached hydrogen (secondary N) is 2. The number of imide groups is 1. The number of amides is 3. The number of carbonyl (C=O) groups is 3. The lowest BCUT2D eigenvalue weighted by molar-refractivity contribution is -0.131. The maximum Gasteiger partial charge on any atom is 0.328 e. The van der Waals surface area contributed by atoms with Crippen LogP contribution in [0.15, 0.2) is 34.8 Å². The van der Waals surface area contributed by atoms with Gasteiger partial charge >= 0.3 is 12.0 Å². The molecule has 3 amide bonds. The highest BCUT2D eigenvalue weighted by Crippen LogP contribution is 2.25. The Morgan fingerprint density at radius 1 is 1.26 bits per heavy atom. The number of aliphatic carboxylic acids is 1. The number of anilines is 1. The molecular formula is C11H8BrClN2O4. The summed E-state index contributed by atoms with van der Waals surface area (Å²) in [6, 6.07) is 3.99. The van der Waals surface area contributed by atoms with Crippen molar-refractivity contribution in [2.45, 2.75) is 0 Å². The smallest absolute Gasteiger partial charge is 0.328 e. The van der Waals surface area contributed by atoms with Crippen LogP contribution in [0, 0.1) is 0 Å². The fourth-order valence-electron chi connectivity index (χ4n) is 1.05. The van der Waals surface area contributed by atoms with Crippen LogP contribution in [0.25, 0.3) is 0 Å². The first-order chi connectivity index (χ1) is 8.88. The summed E-state index contributed by atoms with van der Waals surface area (Å²) in [5.74, 6) is -2.14. The van der Waals surface area contributed by atoms with Crippen LogP contribution >= 0.6 is 27.5 Å². The van der Waals surface area contributed by atoms with Gasteiger partial charge in [0.2, 0.25) is 0 Å². The van der Waals surface area contributed by atoms with Gasteiger partial charge in [-0.05, 0) is 18.2 Å². The topological polar surface area (TPSA) is 95.5 Å². The van der Waals surface area contributed by atoms with Gasteiger partial charge in [-0.2, -0.15) is 0 Å². The third kappa shape index (κ3) is 5.54. The lowest BCUT2D eigenvalue weighted by Gasteiger charge is -2.07. The number of rotatable bonds is 3. The minimum atomic E-state index is -1.29. The number of urea groups is 1. The molecule has 3 N–H and O–H groups in total. The van der Waals surface area contributed by atoms with Crippen molar-refractivity contribution in [2.75, 3.05) is 5.32 Å². The summed E-state index contributed by atoms with van der Waals surface area (Å²) < 4.78 is 0.698. The molecule has 0 aliphatic carbocycles. The second kappa shape index (κ2) is 6.91. The van der Waals surface area contributed by atoms with Crippen LogP contribution in [0.5, 0.6) is 0 Å². The zero-order valence-electron chi connectivity index (χ0n) is 9.31. The normalized spacial score (nSPS) is 10.2. The molecule has 1 aromatic rings. The Morgan fingerprint density at radius 3 is 2.58 bits per heavy atom. The molecule has 1 aromatic carbocycles. The fraction of sp³-hybridized carbons (Fsp3) is 0. The highest BCUT2D eigenvalue weighted by Gasteiger charge is 2.08. The third-order valence-corrected chi connectivity index (χ3v) is 2.61. The summed E-state index contributed by atoms with van der Waals surface area (Å²) >= 11 is 9.04. The van der Waals surface area contributed by atoms with Crippen molar-refractivity contribution in [1.29, 1.82) is 0 Å². The van der Waals surface area contributed by atoms with Crippen molar-refractivity contribution < 1.29 is 19.5 Å². The lowest BCUT2D eigenvalue weighted by atomic mass is 10.3. The molecule has 0 atom stereocenters. The van der Waals surface area contributed by atoms with E-state index in [-0.39, 0.29) is 0 Å². The Kier molecular flexibility index (Phi) is 5.53. The maximum atomic E-state index is 11.4. The number of benzene rings is 1. The van der Waals surface area contributed by atoms with E-state index in [4.69, 9.17) is 16.7 Å². The second-order valence-corrected chi connectivity index (χ2v) is 4.56. The Balaban J connectivity index is 2.63. The summed E-state index contributed by atoms with van der Waals surface area (Å²) in [6.45, 7) is 0. The average Bonchev–Trinajstić information content (AvgIpc) is 2.31. The number of hydrogen-bond acceptors (Lipinski definition) is 3. The van der Waals surface area contributed by atoms with Gasteiger partial charge in [0.25, 0.3) is 5.91 Å². The van der Waals surface area contributed by atoms with Crippen LogP contribution in [0.3, 0.4) is 0 Å². The van der Waals surface area contributed by atoms with Gasteiger partial charge in [0.1, 0.15) is 0 Å². The first kappa shape index (κ1) is 15.2. The zero-order valence-corrected chi connectivity index (χ0v) is 11.7. The minimum absolute atomic E-state index is 0.298. The molecular weight excluding hydrogens is 339 g/mol. The fourth-order valence-corrected chi connectivity index (χ4v) is 1.57. The van der Waals surface area contributed by atoms with Crippen molar-refractivity contribution >= 4 is 51.1 Å². The third-order valence-electron chi connectivity index (χ3n) is 1.79. The molecule has 0 aromatic heterocycles. The number of carbonyl (C=O) groups excluding carboxylic acids is 2. The van der Waals surface area contributed by atoms with Gasteiger partial charge in [0.05, 0.1) is 10.7 Å². The van der Waals surface area contributed by atoms with E-state index in [0.717, 1.165) is 6.08 Å².